The molecule has 0 atom stereocenters. The Bertz CT molecular complexity index is 1170. The van der Waals surface area contributed by atoms with Crippen LogP contribution in [0.2, 0.25) is 0 Å². The highest BCUT2D eigenvalue weighted by Crippen LogP contribution is 2.39. The van der Waals surface area contributed by atoms with Crippen LogP contribution in [0.4, 0.5) is 4.39 Å². The number of halogens is 1. The third-order valence-corrected chi connectivity index (χ3v) is 4.85. The lowest BCUT2D eigenvalue weighted by atomic mass is 10.00. The Labute approximate surface area is 168 Å². The van der Waals surface area contributed by atoms with Gasteiger partial charge >= 0.3 is 0 Å². The Hall–Kier alpha value is -3.60. The minimum atomic E-state index is -0.331. The molecule has 146 valence electrons. The van der Waals surface area contributed by atoms with Crippen molar-refractivity contribution in [1.82, 2.24) is 4.98 Å². The van der Waals surface area contributed by atoms with E-state index in [1.807, 2.05) is 42.5 Å². The third kappa shape index (κ3) is 3.47. The number of benzene rings is 3. The fourth-order valence-corrected chi connectivity index (χ4v) is 3.35. The van der Waals surface area contributed by atoms with Gasteiger partial charge in [0.15, 0.2) is 11.5 Å². The third-order valence-electron chi connectivity index (χ3n) is 4.85. The minimum absolute atomic E-state index is 0.331. The molecule has 5 heteroatoms. The average molecular weight is 389 g/mol. The summed E-state index contributed by atoms with van der Waals surface area (Å²) in [5, 5.41) is 1.66. The summed E-state index contributed by atoms with van der Waals surface area (Å²) in [6, 6.07) is 19.9. The van der Waals surface area contributed by atoms with Crippen molar-refractivity contribution in [2.24, 2.45) is 0 Å². The van der Waals surface area contributed by atoms with Gasteiger partial charge in [0.2, 0.25) is 0 Å². The van der Waals surface area contributed by atoms with Crippen LogP contribution in [-0.2, 0) is 0 Å². The summed E-state index contributed by atoms with van der Waals surface area (Å²) in [5.41, 5.74) is 2.61. The summed E-state index contributed by atoms with van der Waals surface area (Å²) in [7, 11) is 4.79. The van der Waals surface area contributed by atoms with Crippen LogP contribution in [-0.4, -0.2) is 26.3 Å². The van der Waals surface area contributed by atoms with E-state index < -0.39 is 0 Å². The lowest BCUT2D eigenvalue weighted by Crippen LogP contribution is -1.96. The van der Waals surface area contributed by atoms with Gasteiger partial charge in [-0.1, -0.05) is 12.1 Å². The van der Waals surface area contributed by atoms with Crippen LogP contribution in [0.1, 0.15) is 0 Å². The molecule has 1 aromatic heterocycles. The van der Waals surface area contributed by atoms with Crippen LogP contribution in [0.3, 0.4) is 0 Å². The summed E-state index contributed by atoms with van der Waals surface area (Å²) >= 11 is 0. The van der Waals surface area contributed by atoms with Crippen molar-refractivity contribution in [3.63, 3.8) is 0 Å². The number of pyridine rings is 1. The molecule has 0 N–H and O–H groups in total. The summed E-state index contributed by atoms with van der Waals surface area (Å²) < 4.78 is 30.8. The first-order valence-electron chi connectivity index (χ1n) is 9.10. The number of rotatable bonds is 5. The van der Waals surface area contributed by atoms with Crippen LogP contribution < -0.4 is 14.2 Å². The van der Waals surface area contributed by atoms with Crippen LogP contribution >= 0.6 is 0 Å². The van der Waals surface area contributed by atoms with Crippen LogP contribution in [0.15, 0.2) is 66.7 Å². The first-order chi connectivity index (χ1) is 14.1. The number of fused-ring (bicyclic) bond motifs is 1. The molecule has 1 heterocycles. The molecule has 0 aliphatic carbocycles. The zero-order valence-electron chi connectivity index (χ0n) is 16.4. The van der Waals surface area contributed by atoms with Crippen molar-refractivity contribution in [3.05, 3.63) is 72.5 Å². The summed E-state index contributed by atoms with van der Waals surface area (Å²) in [4.78, 5) is 4.81. The molecule has 0 radical (unpaired) electrons. The molecule has 0 unspecified atom stereocenters. The highest BCUT2D eigenvalue weighted by molar-refractivity contribution is 5.99. The lowest BCUT2D eigenvalue weighted by molar-refractivity contribution is 0.356. The molecule has 0 spiro atoms. The molecule has 4 rings (SSSR count). The van der Waals surface area contributed by atoms with E-state index in [1.54, 1.807) is 39.5 Å². The second kappa shape index (κ2) is 7.80. The molecular weight excluding hydrogens is 369 g/mol. The van der Waals surface area contributed by atoms with Crippen molar-refractivity contribution >= 4 is 10.8 Å². The van der Waals surface area contributed by atoms with Crippen LogP contribution in [0, 0.1) is 5.82 Å². The zero-order chi connectivity index (χ0) is 20.4. The second-order valence-electron chi connectivity index (χ2n) is 6.49. The minimum Gasteiger partial charge on any atom is -0.497 e. The molecule has 29 heavy (non-hydrogen) atoms. The van der Waals surface area contributed by atoms with E-state index in [9.17, 15) is 4.39 Å². The van der Waals surface area contributed by atoms with Gasteiger partial charge < -0.3 is 14.2 Å². The molecule has 0 aliphatic heterocycles. The maximum Gasteiger partial charge on any atom is 0.161 e. The molecule has 3 aromatic carbocycles. The van der Waals surface area contributed by atoms with Gasteiger partial charge in [-0.3, -0.25) is 0 Å². The Morgan fingerprint density at radius 2 is 1.45 bits per heavy atom. The van der Waals surface area contributed by atoms with Gasteiger partial charge in [-0.15, -0.1) is 0 Å². The SMILES string of the molecule is COc1ccc(-c2cc3cc(OC)c(OC)cc3c(-c3ccccc3F)n2)cc1. The number of hydrogen-bond donors (Lipinski definition) is 0. The van der Waals surface area contributed by atoms with E-state index in [1.165, 1.54) is 6.07 Å². The Morgan fingerprint density at radius 3 is 2.10 bits per heavy atom. The summed E-state index contributed by atoms with van der Waals surface area (Å²) in [6.07, 6.45) is 0. The van der Waals surface area contributed by atoms with Crippen LogP contribution in [0.25, 0.3) is 33.3 Å². The largest absolute Gasteiger partial charge is 0.497 e. The molecule has 0 amide bonds. The Morgan fingerprint density at radius 1 is 0.759 bits per heavy atom. The number of methoxy groups -OCH3 is 3. The molecule has 4 nitrogen and oxygen atoms in total. The highest BCUT2D eigenvalue weighted by Gasteiger charge is 2.16. The number of aromatic nitrogens is 1. The van der Waals surface area contributed by atoms with E-state index >= 15 is 0 Å². The topological polar surface area (TPSA) is 40.6 Å². The van der Waals surface area contributed by atoms with Gasteiger partial charge in [-0.25, -0.2) is 9.37 Å². The maximum atomic E-state index is 14.7. The highest BCUT2D eigenvalue weighted by atomic mass is 19.1. The molecular formula is C24H20FNO3. The van der Waals surface area contributed by atoms with Crippen molar-refractivity contribution < 1.29 is 18.6 Å². The number of hydrogen-bond acceptors (Lipinski definition) is 4. The van der Waals surface area contributed by atoms with Gasteiger partial charge in [0, 0.05) is 16.5 Å². The number of ether oxygens (including phenoxy) is 3. The van der Waals surface area contributed by atoms with Crippen molar-refractivity contribution in [3.8, 4) is 39.8 Å². The second-order valence-corrected chi connectivity index (χ2v) is 6.49. The fourth-order valence-electron chi connectivity index (χ4n) is 3.35. The van der Waals surface area contributed by atoms with Crippen molar-refractivity contribution in [2.45, 2.75) is 0 Å². The average Bonchev–Trinajstić information content (AvgIpc) is 2.77. The summed E-state index contributed by atoms with van der Waals surface area (Å²) in [6.45, 7) is 0. The van der Waals surface area contributed by atoms with E-state index in [0.29, 0.717) is 22.8 Å². The molecule has 0 bridgehead atoms. The Balaban J connectivity index is 2.02. The predicted octanol–water partition coefficient (Wildman–Crippen LogP) is 5.73. The van der Waals surface area contributed by atoms with Gasteiger partial charge in [-0.05, 0) is 60.0 Å². The first kappa shape index (κ1) is 18.7. The van der Waals surface area contributed by atoms with Crippen LogP contribution in [0.5, 0.6) is 17.2 Å². The van der Waals surface area contributed by atoms with Gasteiger partial charge in [0.1, 0.15) is 11.6 Å². The normalized spacial score (nSPS) is 10.8. The number of nitrogens with zero attached hydrogens (tertiary/aromatic N) is 1. The van der Waals surface area contributed by atoms with Crippen molar-refractivity contribution in [1.29, 1.82) is 0 Å². The van der Waals surface area contributed by atoms with Gasteiger partial charge in [0.25, 0.3) is 0 Å². The smallest absolute Gasteiger partial charge is 0.161 e. The monoisotopic (exact) mass is 389 g/mol. The maximum absolute atomic E-state index is 14.7. The first-order valence-corrected chi connectivity index (χ1v) is 9.10. The van der Waals surface area contributed by atoms with E-state index in [-0.39, 0.29) is 5.82 Å². The molecule has 0 fully saturated rings. The summed E-state index contributed by atoms with van der Waals surface area (Å²) in [5.74, 6) is 1.60. The quantitative estimate of drug-likeness (QED) is 0.437. The molecule has 4 aromatic rings. The van der Waals surface area contributed by atoms with Gasteiger partial charge in [0.05, 0.1) is 32.7 Å². The zero-order valence-corrected chi connectivity index (χ0v) is 16.4. The van der Waals surface area contributed by atoms with E-state index in [0.717, 1.165) is 27.8 Å². The predicted molar refractivity (Wildman–Crippen MR) is 112 cm³/mol. The molecule has 0 saturated carbocycles. The fraction of sp³-hybridized carbons (Fsp3) is 0.125. The van der Waals surface area contributed by atoms with E-state index in [4.69, 9.17) is 19.2 Å². The standard InChI is InChI=1S/C24H20FNO3/c1-27-17-10-8-15(9-11-17)21-12-16-13-22(28-2)23(29-3)14-19(16)24(26-21)18-6-4-5-7-20(18)25/h4-14H,1-3H3. The van der Waals surface area contributed by atoms with E-state index in [2.05, 4.69) is 0 Å². The molecule has 0 saturated heterocycles. The van der Waals surface area contributed by atoms with Crippen molar-refractivity contribution in [2.75, 3.05) is 21.3 Å². The van der Waals surface area contributed by atoms with Gasteiger partial charge in [-0.2, -0.15) is 0 Å². The molecule has 0 aliphatic rings. The Kier molecular flexibility index (Phi) is 5.04. The lowest BCUT2D eigenvalue weighted by Gasteiger charge is -2.14.